The third kappa shape index (κ3) is 4.83. The number of aromatic nitrogens is 4. The average molecular weight is 450 g/mol. The molecule has 1 fully saturated rings. The van der Waals surface area contributed by atoms with E-state index in [9.17, 15) is 4.79 Å². The van der Waals surface area contributed by atoms with Gasteiger partial charge >= 0.3 is 0 Å². The topological polar surface area (TPSA) is 102 Å². The molecule has 174 valence electrons. The standard InChI is InChI=1S/C24H31N7O2/c1-16-7-8-18(12-19(16)33-4)22-21-23(25)26-15-27-24(21)31(28-22)14-17-9-11-30(13-17)20(32)6-5-10-29(2)3/h5-8,12,15,17H,9-11,13-14H2,1-4H3,(H2,25,26,27)/b6-5+/t17-/m0/s1. The number of fused-ring (bicyclic) bond motifs is 1. The van der Waals surface area contributed by atoms with Crippen LogP contribution in [0.1, 0.15) is 12.0 Å². The number of hydrogen-bond acceptors (Lipinski definition) is 7. The molecule has 1 saturated heterocycles. The Bertz CT molecular complexity index is 1190. The minimum atomic E-state index is 0.0590. The van der Waals surface area contributed by atoms with Crippen molar-refractivity contribution in [3.8, 4) is 17.0 Å². The van der Waals surface area contributed by atoms with E-state index in [0.717, 1.165) is 47.5 Å². The SMILES string of the molecule is COc1cc(-c2nn(C[C@H]3CCN(C(=O)/C=C/CN(C)C)C3)c3ncnc(N)c23)ccc1C. The molecule has 4 rings (SSSR count). The quantitative estimate of drug-likeness (QED) is 0.553. The Labute approximate surface area is 193 Å². The van der Waals surface area contributed by atoms with Crippen molar-refractivity contribution >= 4 is 22.8 Å². The Hall–Kier alpha value is -3.46. The van der Waals surface area contributed by atoms with Crippen molar-refractivity contribution in [2.75, 3.05) is 46.6 Å². The van der Waals surface area contributed by atoms with E-state index in [0.29, 0.717) is 24.6 Å². The van der Waals surface area contributed by atoms with Gasteiger partial charge < -0.3 is 20.3 Å². The van der Waals surface area contributed by atoms with Gasteiger partial charge in [0.05, 0.1) is 12.5 Å². The molecule has 0 aliphatic carbocycles. The van der Waals surface area contributed by atoms with Gasteiger partial charge in [0.25, 0.3) is 0 Å². The van der Waals surface area contributed by atoms with Gasteiger partial charge in [0.1, 0.15) is 23.6 Å². The van der Waals surface area contributed by atoms with Crippen molar-refractivity contribution in [2.24, 2.45) is 5.92 Å². The number of hydrogen-bond donors (Lipinski definition) is 1. The number of carbonyl (C=O) groups is 1. The molecule has 9 heteroatoms. The van der Waals surface area contributed by atoms with Crippen LogP contribution in [-0.4, -0.2) is 76.3 Å². The summed E-state index contributed by atoms with van der Waals surface area (Å²) in [6, 6.07) is 5.97. The third-order valence-corrected chi connectivity index (χ3v) is 6.00. The molecule has 9 nitrogen and oxygen atoms in total. The predicted molar refractivity (Wildman–Crippen MR) is 129 cm³/mol. The van der Waals surface area contributed by atoms with Crippen LogP contribution in [0.15, 0.2) is 36.7 Å². The average Bonchev–Trinajstić information content (AvgIpc) is 3.40. The van der Waals surface area contributed by atoms with Gasteiger partial charge in [-0.25, -0.2) is 14.6 Å². The van der Waals surface area contributed by atoms with Crippen LogP contribution in [0.5, 0.6) is 5.75 Å². The smallest absolute Gasteiger partial charge is 0.246 e. The van der Waals surface area contributed by atoms with E-state index in [-0.39, 0.29) is 11.8 Å². The summed E-state index contributed by atoms with van der Waals surface area (Å²) in [4.78, 5) is 25.1. The summed E-state index contributed by atoms with van der Waals surface area (Å²) in [5.74, 6) is 1.53. The molecule has 3 aromatic rings. The van der Waals surface area contributed by atoms with Crippen molar-refractivity contribution in [3.05, 3.63) is 42.2 Å². The number of anilines is 1. The molecule has 0 bridgehead atoms. The van der Waals surface area contributed by atoms with Crippen LogP contribution in [-0.2, 0) is 11.3 Å². The molecule has 0 unspecified atom stereocenters. The van der Waals surface area contributed by atoms with Crippen LogP contribution in [0, 0.1) is 12.8 Å². The number of nitrogens with zero attached hydrogens (tertiary/aromatic N) is 6. The molecule has 0 spiro atoms. The lowest BCUT2D eigenvalue weighted by Crippen LogP contribution is -2.28. The summed E-state index contributed by atoms with van der Waals surface area (Å²) < 4.78 is 7.39. The Morgan fingerprint density at radius 2 is 2.15 bits per heavy atom. The van der Waals surface area contributed by atoms with Gasteiger partial charge in [-0.2, -0.15) is 5.10 Å². The lowest BCUT2D eigenvalue weighted by atomic mass is 10.1. The second-order valence-electron chi connectivity index (χ2n) is 8.78. The number of aryl methyl sites for hydroxylation is 1. The summed E-state index contributed by atoms with van der Waals surface area (Å²) in [6.07, 6.45) is 5.96. The first-order valence-electron chi connectivity index (χ1n) is 11.1. The first-order valence-corrected chi connectivity index (χ1v) is 11.1. The van der Waals surface area contributed by atoms with Gasteiger partial charge in [-0.15, -0.1) is 0 Å². The lowest BCUT2D eigenvalue weighted by molar-refractivity contribution is -0.125. The maximum atomic E-state index is 12.5. The molecule has 2 aromatic heterocycles. The number of amides is 1. The number of benzene rings is 1. The highest BCUT2D eigenvalue weighted by molar-refractivity contribution is 5.98. The molecule has 1 aliphatic rings. The number of nitrogens with two attached hydrogens (primary N) is 1. The zero-order chi connectivity index (χ0) is 23.5. The second kappa shape index (κ2) is 9.58. The number of likely N-dealkylation sites (tertiary alicyclic amines) is 1. The maximum absolute atomic E-state index is 12.5. The minimum Gasteiger partial charge on any atom is -0.496 e. The molecule has 1 atom stereocenters. The van der Waals surface area contributed by atoms with Crippen molar-refractivity contribution in [1.29, 1.82) is 0 Å². The fraction of sp³-hybridized carbons (Fsp3) is 0.417. The van der Waals surface area contributed by atoms with Gasteiger partial charge in [-0.05, 0) is 45.0 Å². The number of rotatable bonds is 7. The molecule has 1 aromatic carbocycles. The number of likely N-dealkylation sites (N-methyl/N-ethyl adjacent to an activating group) is 1. The van der Waals surface area contributed by atoms with E-state index < -0.39 is 0 Å². The maximum Gasteiger partial charge on any atom is 0.246 e. The van der Waals surface area contributed by atoms with Crippen LogP contribution in [0.4, 0.5) is 5.82 Å². The zero-order valence-corrected chi connectivity index (χ0v) is 19.7. The molecule has 2 N–H and O–H groups in total. The summed E-state index contributed by atoms with van der Waals surface area (Å²) in [7, 11) is 5.61. The zero-order valence-electron chi connectivity index (χ0n) is 19.7. The van der Waals surface area contributed by atoms with E-state index in [1.165, 1.54) is 6.33 Å². The van der Waals surface area contributed by atoms with Gasteiger partial charge in [-0.1, -0.05) is 18.2 Å². The van der Waals surface area contributed by atoms with Crippen LogP contribution in [0.3, 0.4) is 0 Å². The first kappa shape index (κ1) is 22.7. The summed E-state index contributed by atoms with van der Waals surface area (Å²) in [5.41, 5.74) is 9.63. The largest absolute Gasteiger partial charge is 0.496 e. The van der Waals surface area contributed by atoms with Crippen LogP contribution >= 0.6 is 0 Å². The number of ether oxygens (including phenoxy) is 1. The number of nitrogen functional groups attached to an aromatic ring is 1. The van der Waals surface area contributed by atoms with Crippen molar-refractivity contribution in [1.82, 2.24) is 29.5 Å². The molecular formula is C24H31N7O2. The second-order valence-corrected chi connectivity index (χ2v) is 8.78. The summed E-state index contributed by atoms with van der Waals surface area (Å²) in [5, 5.41) is 5.62. The highest BCUT2D eigenvalue weighted by Crippen LogP contribution is 2.33. The van der Waals surface area contributed by atoms with Gasteiger partial charge in [-0.3, -0.25) is 4.79 Å². The van der Waals surface area contributed by atoms with Crippen molar-refractivity contribution < 1.29 is 9.53 Å². The molecule has 1 amide bonds. The first-order chi connectivity index (χ1) is 15.9. The Balaban J connectivity index is 1.58. The molecule has 0 radical (unpaired) electrons. The van der Waals surface area contributed by atoms with E-state index in [1.807, 2.05) is 59.8 Å². The molecule has 3 heterocycles. The highest BCUT2D eigenvalue weighted by atomic mass is 16.5. The Morgan fingerprint density at radius 3 is 2.91 bits per heavy atom. The van der Waals surface area contributed by atoms with Gasteiger partial charge in [0.15, 0.2) is 5.65 Å². The van der Waals surface area contributed by atoms with Gasteiger partial charge in [0.2, 0.25) is 5.91 Å². The van der Waals surface area contributed by atoms with Crippen LogP contribution < -0.4 is 10.5 Å². The monoisotopic (exact) mass is 449 g/mol. The summed E-state index contributed by atoms with van der Waals surface area (Å²) >= 11 is 0. The van der Waals surface area contributed by atoms with E-state index in [2.05, 4.69) is 9.97 Å². The normalized spacial score (nSPS) is 16.4. The van der Waals surface area contributed by atoms with Gasteiger partial charge in [0, 0.05) is 37.8 Å². The Kier molecular flexibility index (Phi) is 6.60. The third-order valence-electron chi connectivity index (χ3n) is 6.00. The minimum absolute atomic E-state index is 0.0590. The Morgan fingerprint density at radius 1 is 1.33 bits per heavy atom. The fourth-order valence-corrected chi connectivity index (χ4v) is 4.22. The molecule has 1 aliphatic heterocycles. The summed E-state index contributed by atoms with van der Waals surface area (Å²) in [6.45, 7) is 4.84. The highest BCUT2D eigenvalue weighted by Gasteiger charge is 2.27. The van der Waals surface area contributed by atoms with Crippen molar-refractivity contribution in [3.63, 3.8) is 0 Å². The van der Waals surface area contributed by atoms with E-state index in [1.54, 1.807) is 13.2 Å². The predicted octanol–water partition coefficient (Wildman–Crippen LogP) is 2.36. The molecule has 0 saturated carbocycles. The number of carbonyl (C=O) groups excluding carboxylic acids is 1. The fourth-order valence-electron chi connectivity index (χ4n) is 4.22. The van der Waals surface area contributed by atoms with E-state index in [4.69, 9.17) is 15.6 Å². The van der Waals surface area contributed by atoms with E-state index >= 15 is 0 Å². The molecular weight excluding hydrogens is 418 g/mol. The lowest BCUT2D eigenvalue weighted by Gasteiger charge is -2.15. The van der Waals surface area contributed by atoms with Crippen molar-refractivity contribution in [2.45, 2.75) is 19.9 Å². The van der Waals surface area contributed by atoms with Crippen LogP contribution in [0.2, 0.25) is 0 Å². The molecule has 33 heavy (non-hydrogen) atoms. The van der Waals surface area contributed by atoms with Crippen LogP contribution in [0.25, 0.3) is 22.3 Å². The number of methoxy groups -OCH3 is 1.